The second-order valence-corrected chi connectivity index (χ2v) is 7.49. The summed E-state index contributed by atoms with van der Waals surface area (Å²) in [7, 11) is 1.71. The van der Waals surface area contributed by atoms with Crippen molar-refractivity contribution >= 4 is 5.91 Å². The molecule has 1 unspecified atom stereocenters. The van der Waals surface area contributed by atoms with Crippen LogP contribution in [0.3, 0.4) is 0 Å². The molecule has 0 aliphatic carbocycles. The number of methoxy groups -OCH3 is 1. The Kier molecular flexibility index (Phi) is 7.43. The fraction of sp³-hybridized carbons (Fsp3) is 0.478. The number of amides is 1. The molecular formula is C23H31N3O2. The third-order valence-electron chi connectivity index (χ3n) is 5.53. The molecule has 1 amide bonds. The van der Waals surface area contributed by atoms with Gasteiger partial charge in [0.2, 0.25) is 0 Å². The number of piperidine rings is 1. The van der Waals surface area contributed by atoms with Gasteiger partial charge in [0.1, 0.15) is 5.75 Å². The molecule has 5 nitrogen and oxygen atoms in total. The summed E-state index contributed by atoms with van der Waals surface area (Å²) in [5.41, 5.74) is 2.03. The molecule has 1 saturated heterocycles. The summed E-state index contributed by atoms with van der Waals surface area (Å²) in [5, 5.41) is 0. The number of benzene rings is 1. The summed E-state index contributed by atoms with van der Waals surface area (Å²) in [6.45, 7) is 6.88. The predicted molar refractivity (Wildman–Crippen MR) is 112 cm³/mol. The largest absolute Gasteiger partial charge is 0.497 e. The Morgan fingerprint density at radius 3 is 2.86 bits per heavy atom. The first kappa shape index (κ1) is 20.3. The second kappa shape index (κ2) is 10.2. The summed E-state index contributed by atoms with van der Waals surface area (Å²) in [6, 6.07) is 11.9. The van der Waals surface area contributed by atoms with E-state index in [1.807, 2.05) is 11.0 Å². The number of carbonyl (C=O) groups is 1. The van der Waals surface area contributed by atoms with Gasteiger partial charge in [-0.2, -0.15) is 0 Å². The maximum atomic E-state index is 12.8. The smallest absolute Gasteiger partial charge is 0.253 e. The Hall–Kier alpha value is -2.40. The molecule has 28 heavy (non-hydrogen) atoms. The molecule has 2 heterocycles. The van der Waals surface area contributed by atoms with Gasteiger partial charge in [0, 0.05) is 44.1 Å². The molecule has 2 aromatic rings. The van der Waals surface area contributed by atoms with Gasteiger partial charge in [-0.25, -0.2) is 0 Å². The molecule has 0 saturated carbocycles. The molecule has 1 aromatic carbocycles. The summed E-state index contributed by atoms with van der Waals surface area (Å²) in [5.74, 6) is 1.56. The van der Waals surface area contributed by atoms with E-state index in [9.17, 15) is 4.79 Å². The van der Waals surface area contributed by atoms with Crippen LogP contribution in [0.5, 0.6) is 5.75 Å². The van der Waals surface area contributed by atoms with Crippen LogP contribution >= 0.6 is 0 Å². The molecule has 5 heteroatoms. The summed E-state index contributed by atoms with van der Waals surface area (Å²) in [4.78, 5) is 21.3. The van der Waals surface area contributed by atoms with E-state index in [4.69, 9.17) is 4.74 Å². The number of hydrogen-bond donors (Lipinski definition) is 0. The van der Waals surface area contributed by atoms with Crippen LogP contribution in [0.15, 0.2) is 48.8 Å². The molecule has 1 aromatic heterocycles. The first-order valence-electron chi connectivity index (χ1n) is 10.2. The Morgan fingerprint density at radius 2 is 2.11 bits per heavy atom. The normalized spacial score (nSPS) is 17.3. The van der Waals surface area contributed by atoms with E-state index in [1.54, 1.807) is 31.6 Å². The molecule has 1 atom stereocenters. The lowest BCUT2D eigenvalue weighted by Gasteiger charge is -2.35. The number of carbonyl (C=O) groups excluding carboxylic acids is 1. The summed E-state index contributed by atoms with van der Waals surface area (Å²) >= 11 is 0. The van der Waals surface area contributed by atoms with Gasteiger partial charge in [0.05, 0.1) is 7.11 Å². The predicted octanol–water partition coefficient (Wildman–Crippen LogP) is 3.51. The Morgan fingerprint density at radius 1 is 1.29 bits per heavy atom. The molecule has 150 valence electrons. The SMILES string of the molecule is CCN(CC1CCCN(CCc2cccc(OC)c2)C1)C(=O)c1ccncc1. The number of pyridine rings is 1. The Labute approximate surface area is 168 Å². The zero-order valence-electron chi connectivity index (χ0n) is 17.0. The number of nitrogens with zero attached hydrogens (tertiary/aromatic N) is 3. The van der Waals surface area contributed by atoms with Crippen LogP contribution in [0.1, 0.15) is 35.7 Å². The molecule has 0 N–H and O–H groups in total. The van der Waals surface area contributed by atoms with Crippen LogP contribution in [0, 0.1) is 5.92 Å². The average molecular weight is 382 g/mol. The number of aromatic nitrogens is 1. The highest BCUT2D eigenvalue weighted by atomic mass is 16.5. The van der Waals surface area contributed by atoms with Crippen molar-refractivity contribution < 1.29 is 9.53 Å². The lowest BCUT2D eigenvalue weighted by molar-refractivity contribution is 0.0690. The van der Waals surface area contributed by atoms with Crippen LogP contribution in [-0.2, 0) is 6.42 Å². The highest BCUT2D eigenvalue weighted by molar-refractivity contribution is 5.94. The summed E-state index contributed by atoms with van der Waals surface area (Å²) < 4.78 is 5.32. The van der Waals surface area contributed by atoms with Crippen molar-refractivity contribution in [1.29, 1.82) is 0 Å². The van der Waals surface area contributed by atoms with Crippen molar-refractivity contribution in [2.45, 2.75) is 26.2 Å². The van der Waals surface area contributed by atoms with Crippen molar-refractivity contribution in [3.63, 3.8) is 0 Å². The Bertz CT molecular complexity index is 751. The van der Waals surface area contributed by atoms with Gasteiger partial charge in [0.15, 0.2) is 0 Å². The lowest BCUT2D eigenvalue weighted by Crippen LogP contribution is -2.43. The van der Waals surface area contributed by atoms with Crippen LogP contribution in [0.2, 0.25) is 0 Å². The van der Waals surface area contributed by atoms with Crippen LogP contribution in [0.4, 0.5) is 0 Å². The van der Waals surface area contributed by atoms with Gasteiger partial charge in [-0.05, 0) is 68.5 Å². The van der Waals surface area contributed by atoms with Gasteiger partial charge in [-0.3, -0.25) is 9.78 Å². The van der Waals surface area contributed by atoms with Gasteiger partial charge >= 0.3 is 0 Å². The van der Waals surface area contributed by atoms with E-state index < -0.39 is 0 Å². The maximum absolute atomic E-state index is 12.8. The highest BCUT2D eigenvalue weighted by Gasteiger charge is 2.24. The average Bonchev–Trinajstić information content (AvgIpc) is 2.76. The van der Waals surface area contributed by atoms with Crippen molar-refractivity contribution in [1.82, 2.24) is 14.8 Å². The molecule has 1 aliphatic rings. The van der Waals surface area contributed by atoms with Crippen LogP contribution in [0.25, 0.3) is 0 Å². The maximum Gasteiger partial charge on any atom is 0.253 e. The van der Waals surface area contributed by atoms with Crippen molar-refractivity contribution in [2.75, 3.05) is 39.8 Å². The molecule has 0 radical (unpaired) electrons. The van der Waals surface area contributed by atoms with Crippen molar-refractivity contribution in [3.05, 3.63) is 59.9 Å². The van der Waals surface area contributed by atoms with E-state index in [2.05, 4.69) is 35.0 Å². The van der Waals surface area contributed by atoms with Crippen molar-refractivity contribution in [3.8, 4) is 5.75 Å². The van der Waals surface area contributed by atoms with Gasteiger partial charge < -0.3 is 14.5 Å². The van der Waals surface area contributed by atoms with Gasteiger partial charge in [-0.1, -0.05) is 12.1 Å². The zero-order valence-corrected chi connectivity index (χ0v) is 17.0. The van der Waals surface area contributed by atoms with Crippen LogP contribution in [-0.4, -0.2) is 60.5 Å². The molecule has 3 rings (SSSR count). The zero-order chi connectivity index (χ0) is 19.8. The molecule has 0 bridgehead atoms. The fourth-order valence-corrected chi connectivity index (χ4v) is 3.96. The lowest BCUT2D eigenvalue weighted by atomic mass is 9.96. The molecule has 1 fully saturated rings. The number of hydrogen-bond acceptors (Lipinski definition) is 4. The highest BCUT2D eigenvalue weighted by Crippen LogP contribution is 2.20. The van der Waals surface area contributed by atoms with E-state index in [0.29, 0.717) is 5.92 Å². The van der Waals surface area contributed by atoms with E-state index in [0.717, 1.165) is 50.5 Å². The number of ether oxygens (including phenoxy) is 1. The minimum Gasteiger partial charge on any atom is -0.497 e. The fourth-order valence-electron chi connectivity index (χ4n) is 3.96. The number of likely N-dealkylation sites (tertiary alicyclic amines) is 1. The topological polar surface area (TPSA) is 45.7 Å². The Balaban J connectivity index is 1.52. The standard InChI is InChI=1S/C23H31N3O2/c1-3-26(23(27)21-9-12-24-13-10-21)18-20-7-5-14-25(17-20)15-11-19-6-4-8-22(16-19)28-2/h4,6,8-10,12-13,16,20H,3,5,7,11,14-15,17-18H2,1-2H3. The monoisotopic (exact) mass is 381 g/mol. The quantitative estimate of drug-likeness (QED) is 0.702. The van der Waals surface area contributed by atoms with E-state index >= 15 is 0 Å². The molecule has 0 spiro atoms. The van der Waals surface area contributed by atoms with Crippen molar-refractivity contribution in [2.24, 2.45) is 5.92 Å². The number of rotatable bonds is 8. The first-order valence-corrected chi connectivity index (χ1v) is 10.2. The third-order valence-corrected chi connectivity index (χ3v) is 5.53. The third kappa shape index (κ3) is 5.55. The van der Waals surface area contributed by atoms with E-state index in [-0.39, 0.29) is 5.91 Å². The molecular weight excluding hydrogens is 350 g/mol. The first-order chi connectivity index (χ1) is 13.7. The minimum absolute atomic E-state index is 0.110. The second-order valence-electron chi connectivity index (χ2n) is 7.49. The summed E-state index contributed by atoms with van der Waals surface area (Å²) in [6.07, 6.45) is 6.78. The minimum atomic E-state index is 0.110. The molecule has 1 aliphatic heterocycles. The van der Waals surface area contributed by atoms with E-state index in [1.165, 1.54) is 18.4 Å². The van der Waals surface area contributed by atoms with Gasteiger partial charge in [-0.15, -0.1) is 0 Å². The van der Waals surface area contributed by atoms with Crippen LogP contribution < -0.4 is 4.74 Å². The van der Waals surface area contributed by atoms with Gasteiger partial charge in [0.25, 0.3) is 5.91 Å².